The molecule has 0 spiro atoms. The molecule has 0 saturated carbocycles. The van der Waals surface area contributed by atoms with Crippen LogP contribution in [-0.2, 0) is 4.79 Å². The first kappa shape index (κ1) is 11.8. The van der Waals surface area contributed by atoms with Gasteiger partial charge >= 0.3 is 0 Å². The van der Waals surface area contributed by atoms with Gasteiger partial charge in [0.1, 0.15) is 5.78 Å². The van der Waals surface area contributed by atoms with Gasteiger partial charge in [-0.25, -0.2) is 0 Å². The van der Waals surface area contributed by atoms with Gasteiger partial charge in [0.25, 0.3) is 0 Å². The molecule has 0 fully saturated rings. The number of carbonyl (C=O) groups is 1. The molecule has 1 unspecified atom stereocenters. The molecule has 0 saturated heterocycles. The second-order valence-corrected chi connectivity index (χ2v) is 3.24. The van der Waals surface area contributed by atoms with Crippen molar-refractivity contribution in [1.29, 1.82) is 5.26 Å². The van der Waals surface area contributed by atoms with E-state index < -0.39 is 5.54 Å². The fourth-order valence-corrected chi connectivity index (χ4v) is 1.03. The second kappa shape index (κ2) is 5.41. The highest BCUT2D eigenvalue weighted by molar-refractivity contribution is 5.75. The zero-order valence-electron chi connectivity index (χ0n) is 8.37. The molecular weight excluding hydrogens is 166 g/mol. The maximum Gasteiger partial charge on any atom is 0.164 e. The Balaban J connectivity index is 4.00. The van der Waals surface area contributed by atoms with Gasteiger partial charge in [0.05, 0.1) is 6.07 Å². The predicted molar refractivity (Wildman–Crippen MR) is 49.3 cm³/mol. The van der Waals surface area contributed by atoms with E-state index >= 15 is 0 Å². The first-order valence-corrected chi connectivity index (χ1v) is 4.26. The van der Waals surface area contributed by atoms with Gasteiger partial charge in [0, 0.05) is 13.5 Å². The van der Waals surface area contributed by atoms with Crippen molar-refractivity contribution in [3.8, 4) is 6.07 Å². The Labute approximate surface area is 78.7 Å². The number of Topliss-reactive ketones (excluding diaryl/α,β-unsaturated/α-hetero) is 1. The van der Waals surface area contributed by atoms with Gasteiger partial charge in [-0.2, -0.15) is 15.5 Å². The lowest BCUT2D eigenvalue weighted by Gasteiger charge is -2.13. The van der Waals surface area contributed by atoms with E-state index in [0.717, 1.165) is 0 Å². The van der Waals surface area contributed by atoms with E-state index in [-0.39, 0.29) is 5.78 Å². The lowest BCUT2D eigenvalue weighted by Crippen LogP contribution is -2.18. The highest BCUT2D eigenvalue weighted by atomic mass is 16.1. The monoisotopic (exact) mass is 181 g/mol. The Hall–Kier alpha value is -1.24. The molecule has 13 heavy (non-hydrogen) atoms. The van der Waals surface area contributed by atoms with Crippen LogP contribution in [0.3, 0.4) is 0 Å². The van der Waals surface area contributed by atoms with Gasteiger partial charge in [-0.05, 0) is 26.7 Å². The van der Waals surface area contributed by atoms with Crippen LogP contribution in [0.2, 0.25) is 0 Å². The van der Waals surface area contributed by atoms with Crippen molar-refractivity contribution in [2.75, 3.05) is 7.05 Å². The molecule has 0 radical (unpaired) electrons. The Morgan fingerprint density at radius 1 is 1.62 bits per heavy atom. The molecule has 0 heterocycles. The van der Waals surface area contributed by atoms with Crippen LogP contribution in [0.1, 0.15) is 33.1 Å². The van der Waals surface area contributed by atoms with Gasteiger partial charge in [0.2, 0.25) is 0 Å². The molecule has 4 heteroatoms. The fourth-order valence-electron chi connectivity index (χ4n) is 1.03. The largest absolute Gasteiger partial charge is 0.300 e. The van der Waals surface area contributed by atoms with E-state index in [4.69, 9.17) is 5.26 Å². The number of hydrogen-bond donors (Lipinski definition) is 0. The smallest absolute Gasteiger partial charge is 0.164 e. The molecule has 1 atom stereocenters. The van der Waals surface area contributed by atoms with Gasteiger partial charge in [-0.1, -0.05) is 0 Å². The summed E-state index contributed by atoms with van der Waals surface area (Å²) in [5.41, 5.74) is -0.760. The number of carbonyl (C=O) groups excluding carboxylic acids is 1. The van der Waals surface area contributed by atoms with Crippen LogP contribution in [0.25, 0.3) is 0 Å². The minimum absolute atomic E-state index is 0.147. The first-order chi connectivity index (χ1) is 6.04. The summed E-state index contributed by atoms with van der Waals surface area (Å²) in [6.07, 6.45) is 1.79. The van der Waals surface area contributed by atoms with Crippen molar-refractivity contribution in [1.82, 2.24) is 0 Å². The predicted octanol–water partition coefficient (Wildman–Crippen LogP) is 2.11. The average molecular weight is 181 g/mol. The summed E-state index contributed by atoms with van der Waals surface area (Å²) in [6, 6.07) is 2.08. The summed E-state index contributed by atoms with van der Waals surface area (Å²) >= 11 is 0. The zero-order chi connectivity index (χ0) is 10.3. The van der Waals surface area contributed by atoms with Crippen molar-refractivity contribution in [3.63, 3.8) is 0 Å². The molecule has 0 aliphatic carbocycles. The fraction of sp³-hybridized carbons (Fsp3) is 0.778. The molecule has 0 aliphatic rings. The number of nitrogens with zero attached hydrogens (tertiary/aromatic N) is 3. The van der Waals surface area contributed by atoms with Gasteiger partial charge in [0.15, 0.2) is 5.54 Å². The highest BCUT2D eigenvalue weighted by Gasteiger charge is 2.22. The second-order valence-electron chi connectivity index (χ2n) is 3.24. The third-order valence-corrected chi connectivity index (χ3v) is 1.75. The number of azo groups is 1. The summed E-state index contributed by atoms with van der Waals surface area (Å²) in [5, 5.41) is 16.2. The van der Waals surface area contributed by atoms with E-state index in [1.54, 1.807) is 20.9 Å². The van der Waals surface area contributed by atoms with Crippen LogP contribution in [-0.4, -0.2) is 18.4 Å². The average Bonchev–Trinajstić information content (AvgIpc) is 2.04. The van der Waals surface area contributed by atoms with Crippen molar-refractivity contribution >= 4 is 5.78 Å². The maximum absolute atomic E-state index is 10.6. The van der Waals surface area contributed by atoms with Gasteiger partial charge in [-0.3, -0.25) is 0 Å². The van der Waals surface area contributed by atoms with Crippen molar-refractivity contribution < 1.29 is 4.79 Å². The SMILES string of the molecule is CN=NC(C)(C#N)CCCC(C)=O. The molecular formula is C9H15N3O. The van der Waals surface area contributed by atoms with Gasteiger partial charge in [-0.15, -0.1) is 0 Å². The standard InChI is InChI=1S/C9H15N3O/c1-8(13)5-4-6-9(2,7-10)12-11-3/h4-6H2,1-3H3. The normalized spacial score (nSPS) is 15.2. The number of nitriles is 1. The maximum atomic E-state index is 10.6. The molecule has 0 N–H and O–H groups in total. The van der Waals surface area contributed by atoms with Crippen LogP contribution in [0.5, 0.6) is 0 Å². The number of ketones is 1. The van der Waals surface area contributed by atoms with E-state index in [2.05, 4.69) is 16.3 Å². The Bertz CT molecular complexity index is 242. The molecule has 4 nitrogen and oxygen atoms in total. The van der Waals surface area contributed by atoms with Gasteiger partial charge < -0.3 is 4.79 Å². The summed E-state index contributed by atoms with van der Waals surface area (Å²) in [7, 11) is 1.54. The highest BCUT2D eigenvalue weighted by Crippen LogP contribution is 2.18. The minimum atomic E-state index is -0.760. The quantitative estimate of drug-likeness (QED) is 0.609. The lowest BCUT2D eigenvalue weighted by molar-refractivity contribution is -0.117. The summed E-state index contributed by atoms with van der Waals surface area (Å²) in [5.74, 6) is 0.147. The number of hydrogen-bond acceptors (Lipinski definition) is 4. The Morgan fingerprint density at radius 2 is 2.23 bits per heavy atom. The molecule has 72 valence electrons. The molecule has 0 aromatic heterocycles. The molecule has 0 aromatic carbocycles. The van der Waals surface area contributed by atoms with Crippen LogP contribution in [0.4, 0.5) is 0 Å². The summed E-state index contributed by atoms with van der Waals surface area (Å²) in [4.78, 5) is 10.6. The molecule has 0 aromatic rings. The summed E-state index contributed by atoms with van der Waals surface area (Å²) < 4.78 is 0. The number of rotatable bonds is 5. The molecule has 0 aliphatic heterocycles. The Morgan fingerprint density at radius 3 is 2.62 bits per heavy atom. The first-order valence-electron chi connectivity index (χ1n) is 4.26. The third-order valence-electron chi connectivity index (χ3n) is 1.75. The lowest BCUT2D eigenvalue weighted by atomic mass is 9.97. The van der Waals surface area contributed by atoms with E-state index in [0.29, 0.717) is 19.3 Å². The molecule has 0 amide bonds. The van der Waals surface area contributed by atoms with E-state index in [1.165, 1.54) is 0 Å². The van der Waals surface area contributed by atoms with Crippen molar-refractivity contribution in [2.45, 2.75) is 38.6 Å². The van der Waals surface area contributed by atoms with Crippen LogP contribution >= 0.6 is 0 Å². The van der Waals surface area contributed by atoms with Crippen LogP contribution in [0, 0.1) is 11.3 Å². The zero-order valence-corrected chi connectivity index (χ0v) is 8.37. The minimum Gasteiger partial charge on any atom is -0.300 e. The van der Waals surface area contributed by atoms with E-state index in [1.807, 2.05) is 0 Å². The van der Waals surface area contributed by atoms with Crippen LogP contribution in [0.15, 0.2) is 10.2 Å². The third kappa shape index (κ3) is 5.07. The molecule has 0 rings (SSSR count). The van der Waals surface area contributed by atoms with Crippen LogP contribution < -0.4 is 0 Å². The molecule has 0 bridgehead atoms. The van der Waals surface area contributed by atoms with Crippen molar-refractivity contribution in [2.24, 2.45) is 10.2 Å². The Kier molecular flexibility index (Phi) is 4.90. The van der Waals surface area contributed by atoms with Crippen molar-refractivity contribution in [3.05, 3.63) is 0 Å². The summed E-state index contributed by atoms with van der Waals surface area (Å²) in [6.45, 7) is 3.27. The topological polar surface area (TPSA) is 65.6 Å². The van der Waals surface area contributed by atoms with E-state index in [9.17, 15) is 4.79 Å².